The molecular weight excluding hydrogens is 382 g/mol. The van der Waals surface area contributed by atoms with Crippen molar-refractivity contribution in [1.82, 2.24) is 4.90 Å². The molecule has 2 heterocycles. The van der Waals surface area contributed by atoms with Gasteiger partial charge in [-0.25, -0.2) is 0 Å². The number of aryl methyl sites for hydroxylation is 3. The van der Waals surface area contributed by atoms with Crippen molar-refractivity contribution in [3.8, 4) is 0 Å². The van der Waals surface area contributed by atoms with Gasteiger partial charge in [0.2, 0.25) is 5.91 Å². The summed E-state index contributed by atoms with van der Waals surface area (Å²) in [6, 6.07) is 13.0. The average molecular weight is 418 g/mol. The number of para-hydroxylation sites is 1. The standard InChI is InChI=1S/C27H35N3O/c1-20-8-5-9-21(2)25(20)30-18-16-29(17-19-30)15-4-3-13-27-14-7-11-22-10-6-12-23(24(22)27)28-26(27)31/h5-6,8-10,12H,3-4,7,11,13-19H2,1-2H3,(H,28,31). The normalized spacial score (nSPS) is 23.0. The summed E-state index contributed by atoms with van der Waals surface area (Å²) < 4.78 is 0. The number of carbonyl (C=O) groups is 1. The number of piperazine rings is 1. The number of hydrogen-bond acceptors (Lipinski definition) is 3. The SMILES string of the molecule is Cc1cccc(C)c1N1CCN(CCCCC23CCCc4cccc(c42)NC3=O)CC1. The molecule has 5 rings (SSSR count). The lowest BCUT2D eigenvalue weighted by molar-refractivity contribution is -0.121. The zero-order valence-corrected chi connectivity index (χ0v) is 19.0. The smallest absolute Gasteiger partial charge is 0.235 e. The van der Waals surface area contributed by atoms with Gasteiger partial charge in [0.15, 0.2) is 0 Å². The van der Waals surface area contributed by atoms with Gasteiger partial charge in [0, 0.05) is 37.6 Å². The fourth-order valence-corrected chi connectivity index (χ4v) is 6.28. The molecule has 1 unspecified atom stereocenters. The van der Waals surface area contributed by atoms with Crippen LogP contribution >= 0.6 is 0 Å². The van der Waals surface area contributed by atoms with Gasteiger partial charge in [-0.2, -0.15) is 0 Å². The molecule has 0 bridgehead atoms. The van der Waals surface area contributed by atoms with Crippen LogP contribution in [0.2, 0.25) is 0 Å². The van der Waals surface area contributed by atoms with Crippen LogP contribution in [0.25, 0.3) is 0 Å². The van der Waals surface area contributed by atoms with Crippen LogP contribution in [0.4, 0.5) is 11.4 Å². The molecule has 1 amide bonds. The number of carbonyl (C=O) groups excluding carboxylic acids is 1. The van der Waals surface area contributed by atoms with Crippen molar-refractivity contribution in [2.24, 2.45) is 0 Å². The molecule has 4 nitrogen and oxygen atoms in total. The molecule has 2 aliphatic heterocycles. The minimum atomic E-state index is -0.259. The quantitative estimate of drug-likeness (QED) is 0.685. The van der Waals surface area contributed by atoms with Gasteiger partial charge in [-0.1, -0.05) is 36.8 Å². The van der Waals surface area contributed by atoms with Crippen LogP contribution in [0.1, 0.15) is 54.4 Å². The Bertz CT molecular complexity index is 956. The van der Waals surface area contributed by atoms with Gasteiger partial charge in [-0.05, 0) is 80.8 Å². The summed E-state index contributed by atoms with van der Waals surface area (Å²) in [6.45, 7) is 10.1. The van der Waals surface area contributed by atoms with Crippen molar-refractivity contribution < 1.29 is 4.79 Å². The predicted molar refractivity (Wildman–Crippen MR) is 128 cm³/mol. The molecule has 1 atom stereocenters. The van der Waals surface area contributed by atoms with E-state index >= 15 is 0 Å². The molecule has 4 heteroatoms. The number of anilines is 2. The molecule has 1 fully saturated rings. The Morgan fingerprint density at radius 1 is 0.968 bits per heavy atom. The molecule has 31 heavy (non-hydrogen) atoms. The van der Waals surface area contributed by atoms with Crippen molar-refractivity contribution in [1.29, 1.82) is 0 Å². The summed E-state index contributed by atoms with van der Waals surface area (Å²) in [5, 5.41) is 3.18. The summed E-state index contributed by atoms with van der Waals surface area (Å²) in [6.07, 6.45) is 6.55. The van der Waals surface area contributed by atoms with Crippen molar-refractivity contribution in [3.63, 3.8) is 0 Å². The zero-order chi connectivity index (χ0) is 21.4. The Kier molecular flexibility index (Phi) is 5.51. The molecule has 0 radical (unpaired) electrons. The van der Waals surface area contributed by atoms with Crippen LogP contribution in [-0.2, 0) is 16.6 Å². The van der Waals surface area contributed by atoms with Crippen molar-refractivity contribution in [2.45, 2.75) is 57.8 Å². The Morgan fingerprint density at radius 2 is 1.71 bits per heavy atom. The summed E-state index contributed by atoms with van der Waals surface area (Å²) >= 11 is 0. The number of amides is 1. The fraction of sp³-hybridized carbons (Fsp3) is 0.519. The maximum absolute atomic E-state index is 13.0. The maximum atomic E-state index is 13.0. The molecule has 0 spiro atoms. The van der Waals surface area contributed by atoms with Crippen molar-refractivity contribution in [3.05, 3.63) is 58.7 Å². The van der Waals surface area contributed by atoms with E-state index in [2.05, 4.69) is 65.4 Å². The molecule has 1 N–H and O–H groups in total. The largest absolute Gasteiger partial charge is 0.369 e. The second-order valence-electron chi connectivity index (χ2n) is 9.76. The molecule has 2 aromatic rings. The Morgan fingerprint density at radius 3 is 2.48 bits per heavy atom. The van der Waals surface area contributed by atoms with Crippen LogP contribution in [0.5, 0.6) is 0 Å². The van der Waals surface area contributed by atoms with Gasteiger partial charge in [0.1, 0.15) is 0 Å². The fourth-order valence-electron chi connectivity index (χ4n) is 6.28. The van der Waals surface area contributed by atoms with Gasteiger partial charge in [-0.3, -0.25) is 9.69 Å². The van der Waals surface area contributed by atoms with E-state index in [4.69, 9.17) is 0 Å². The third-order valence-corrected chi connectivity index (χ3v) is 7.82. The number of hydrogen-bond donors (Lipinski definition) is 1. The summed E-state index contributed by atoms with van der Waals surface area (Å²) in [4.78, 5) is 18.1. The highest BCUT2D eigenvalue weighted by molar-refractivity contribution is 6.07. The van der Waals surface area contributed by atoms with Crippen LogP contribution in [0.3, 0.4) is 0 Å². The number of benzene rings is 2. The van der Waals surface area contributed by atoms with Crippen molar-refractivity contribution >= 4 is 17.3 Å². The van der Waals surface area contributed by atoms with Crippen LogP contribution in [-0.4, -0.2) is 43.5 Å². The Balaban J connectivity index is 1.15. The minimum Gasteiger partial charge on any atom is -0.369 e. The first-order valence-corrected chi connectivity index (χ1v) is 12.1. The number of nitrogens with zero attached hydrogens (tertiary/aromatic N) is 2. The van der Waals surface area contributed by atoms with E-state index in [1.807, 2.05) is 0 Å². The molecule has 0 saturated carbocycles. The highest BCUT2D eigenvalue weighted by Gasteiger charge is 2.48. The average Bonchev–Trinajstić information content (AvgIpc) is 3.06. The van der Waals surface area contributed by atoms with E-state index in [-0.39, 0.29) is 11.3 Å². The third-order valence-electron chi connectivity index (χ3n) is 7.82. The number of rotatable bonds is 6. The summed E-state index contributed by atoms with van der Waals surface area (Å²) in [5.74, 6) is 0.247. The van der Waals surface area contributed by atoms with E-state index in [9.17, 15) is 4.79 Å². The van der Waals surface area contributed by atoms with Crippen LogP contribution in [0.15, 0.2) is 36.4 Å². The lowest BCUT2D eigenvalue weighted by atomic mass is 9.68. The first-order chi connectivity index (χ1) is 15.1. The summed E-state index contributed by atoms with van der Waals surface area (Å²) in [7, 11) is 0. The van der Waals surface area contributed by atoms with Crippen LogP contribution < -0.4 is 10.2 Å². The molecule has 0 aromatic heterocycles. The monoisotopic (exact) mass is 417 g/mol. The minimum absolute atomic E-state index is 0.247. The van der Waals surface area contributed by atoms with Crippen LogP contribution in [0, 0.1) is 13.8 Å². The molecule has 2 aromatic carbocycles. The Labute approximate surface area is 186 Å². The first-order valence-electron chi connectivity index (χ1n) is 12.1. The van der Waals surface area contributed by atoms with Gasteiger partial charge < -0.3 is 10.2 Å². The zero-order valence-electron chi connectivity index (χ0n) is 19.0. The first kappa shape index (κ1) is 20.6. The molecule has 1 saturated heterocycles. The second kappa shape index (κ2) is 8.31. The predicted octanol–water partition coefficient (Wildman–Crippen LogP) is 4.82. The highest BCUT2D eigenvalue weighted by Crippen LogP contribution is 2.49. The third kappa shape index (κ3) is 3.65. The molecule has 164 valence electrons. The highest BCUT2D eigenvalue weighted by atomic mass is 16.2. The molecular formula is C27H35N3O. The second-order valence-corrected chi connectivity index (χ2v) is 9.76. The van der Waals surface area contributed by atoms with Gasteiger partial charge in [-0.15, -0.1) is 0 Å². The Hall–Kier alpha value is -2.33. The number of nitrogens with one attached hydrogen (secondary N) is 1. The molecule has 3 aliphatic rings. The van der Waals surface area contributed by atoms with E-state index in [1.165, 1.54) is 34.4 Å². The number of unbranched alkanes of at least 4 members (excludes halogenated alkanes) is 1. The molecule has 1 aliphatic carbocycles. The van der Waals surface area contributed by atoms with Gasteiger partial charge in [0.05, 0.1) is 5.41 Å². The van der Waals surface area contributed by atoms with E-state index < -0.39 is 0 Å². The van der Waals surface area contributed by atoms with Crippen molar-refractivity contribution in [2.75, 3.05) is 42.9 Å². The summed E-state index contributed by atoms with van der Waals surface area (Å²) in [5.41, 5.74) is 7.73. The topological polar surface area (TPSA) is 35.6 Å². The maximum Gasteiger partial charge on any atom is 0.235 e. The lowest BCUT2D eigenvalue weighted by Gasteiger charge is -2.38. The van der Waals surface area contributed by atoms with E-state index in [0.717, 1.165) is 70.5 Å². The lowest BCUT2D eigenvalue weighted by Crippen LogP contribution is -2.47. The van der Waals surface area contributed by atoms with Gasteiger partial charge in [0.25, 0.3) is 0 Å². The van der Waals surface area contributed by atoms with E-state index in [1.54, 1.807) is 0 Å². The van der Waals surface area contributed by atoms with E-state index in [0.29, 0.717) is 0 Å². The van der Waals surface area contributed by atoms with Gasteiger partial charge >= 0.3 is 0 Å².